The van der Waals surface area contributed by atoms with Crippen LogP contribution in [0.5, 0.6) is 0 Å². The first-order chi connectivity index (χ1) is 9.11. The number of anilines is 1. The molecule has 0 saturated carbocycles. The van der Waals surface area contributed by atoms with Crippen LogP contribution in [0.2, 0.25) is 0 Å². The largest absolute Gasteiger partial charge is 0.382 e. The van der Waals surface area contributed by atoms with E-state index in [2.05, 4.69) is 17.3 Å². The fourth-order valence-corrected chi connectivity index (χ4v) is 2.36. The van der Waals surface area contributed by atoms with Gasteiger partial charge in [0.2, 0.25) is 0 Å². The molecule has 0 unspecified atom stereocenters. The Balaban J connectivity index is 2.08. The van der Waals surface area contributed by atoms with Gasteiger partial charge in [-0.25, -0.2) is 0 Å². The molecule has 0 aromatic heterocycles. The molecule has 0 amide bonds. The van der Waals surface area contributed by atoms with Crippen molar-refractivity contribution in [3.8, 4) is 6.07 Å². The summed E-state index contributed by atoms with van der Waals surface area (Å²) in [5.41, 5.74) is 0.920. The molecule has 0 radical (unpaired) electrons. The summed E-state index contributed by atoms with van der Waals surface area (Å²) in [7, 11) is 2.08. The molecule has 0 aliphatic carbocycles. The molecule has 0 bridgehead atoms. The third-order valence-electron chi connectivity index (χ3n) is 3.53. The van der Waals surface area contributed by atoms with Gasteiger partial charge in [-0.1, -0.05) is 0 Å². The lowest BCUT2D eigenvalue weighted by Crippen LogP contribution is -2.31. The summed E-state index contributed by atoms with van der Waals surface area (Å²) in [4.78, 5) is 12.5. The molecule has 1 aromatic carbocycles. The van der Waals surface area contributed by atoms with Crippen LogP contribution < -0.4 is 5.32 Å². The number of hydrogen-bond donors (Lipinski definition) is 1. The maximum absolute atomic E-state index is 10.7. The lowest BCUT2D eigenvalue weighted by Gasteiger charge is -2.20. The van der Waals surface area contributed by atoms with Gasteiger partial charge < -0.3 is 10.2 Å². The molecule has 1 aliphatic rings. The summed E-state index contributed by atoms with van der Waals surface area (Å²) in [5, 5.41) is 22.9. The van der Waals surface area contributed by atoms with Gasteiger partial charge in [0.05, 0.1) is 16.2 Å². The quantitative estimate of drug-likeness (QED) is 0.661. The molecule has 1 aliphatic heterocycles. The van der Waals surface area contributed by atoms with Gasteiger partial charge in [0.15, 0.2) is 0 Å². The second kappa shape index (κ2) is 5.67. The number of nitro groups is 1. The van der Waals surface area contributed by atoms with Crippen molar-refractivity contribution in [2.45, 2.75) is 18.9 Å². The van der Waals surface area contributed by atoms with E-state index in [-0.39, 0.29) is 5.69 Å². The first-order valence-electron chi connectivity index (χ1n) is 6.24. The zero-order chi connectivity index (χ0) is 13.8. The normalized spacial score (nSPS) is 19.1. The van der Waals surface area contributed by atoms with E-state index in [1.807, 2.05) is 6.07 Å². The van der Waals surface area contributed by atoms with Gasteiger partial charge in [0, 0.05) is 24.7 Å². The average molecular weight is 260 g/mol. The molecule has 1 fully saturated rings. The van der Waals surface area contributed by atoms with Crippen LogP contribution in [-0.2, 0) is 0 Å². The summed E-state index contributed by atoms with van der Waals surface area (Å²) in [6.07, 6.45) is 2.33. The van der Waals surface area contributed by atoms with E-state index in [9.17, 15) is 10.1 Å². The third kappa shape index (κ3) is 3.01. The van der Waals surface area contributed by atoms with E-state index in [4.69, 9.17) is 5.26 Å². The van der Waals surface area contributed by atoms with E-state index >= 15 is 0 Å². The number of nitrogens with zero attached hydrogens (tertiary/aromatic N) is 3. The van der Waals surface area contributed by atoms with Crippen molar-refractivity contribution >= 4 is 11.4 Å². The highest BCUT2D eigenvalue weighted by atomic mass is 16.6. The van der Waals surface area contributed by atoms with Crippen LogP contribution in [0.4, 0.5) is 11.4 Å². The molecule has 2 rings (SSSR count). The van der Waals surface area contributed by atoms with Crippen molar-refractivity contribution in [1.82, 2.24) is 4.90 Å². The second-order valence-corrected chi connectivity index (χ2v) is 4.76. The number of likely N-dealkylation sites (tertiary alicyclic amines) is 1. The van der Waals surface area contributed by atoms with E-state index in [1.165, 1.54) is 18.6 Å². The number of rotatable bonds is 4. The fraction of sp³-hybridized carbons (Fsp3) is 0.462. The van der Waals surface area contributed by atoms with Crippen LogP contribution in [0.3, 0.4) is 0 Å². The minimum Gasteiger partial charge on any atom is -0.382 e. The standard InChI is InChI=1S/C13H16N4O2/c1-16-6-2-3-12(16)9-15-13-5-4-11(17(18)19)7-10(13)8-14/h4-5,7,12,15H,2-3,6,9H2,1H3/t12-/m0/s1. The van der Waals surface area contributed by atoms with Gasteiger partial charge in [-0.05, 0) is 32.5 Å². The number of likely N-dealkylation sites (N-methyl/N-ethyl adjacent to an activating group) is 1. The lowest BCUT2D eigenvalue weighted by atomic mass is 10.1. The molecular weight excluding hydrogens is 244 g/mol. The Hall–Kier alpha value is -2.13. The molecule has 6 heteroatoms. The van der Waals surface area contributed by atoms with Gasteiger partial charge in [0.25, 0.3) is 5.69 Å². The Bertz CT molecular complexity index is 524. The first-order valence-corrected chi connectivity index (χ1v) is 6.24. The molecule has 1 aromatic rings. The maximum atomic E-state index is 10.7. The van der Waals surface area contributed by atoms with Crippen molar-refractivity contribution in [2.75, 3.05) is 25.5 Å². The molecule has 1 atom stereocenters. The molecule has 0 spiro atoms. The Morgan fingerprint density at radius 1 is 1.63 bits per heavy atom. The van der Waals surface area contributed by atoms with E-state index in [1.54, 1.807) is 6.07 Å². The Kier molecular flexibility index (Phi) is 3.97. The van der Waals surface area contributed by atoms with Crippen molar-refractivity contribution in [3.63, 3.8) is 0 Å². The Morgan fingerprint density at radius 3 is 3.00 bits per heavy atom. The van der Waals surface area contributed by atoms with E-state index in [0.29, 0.717) is 17.3 Å². The highest BCUT2D eigenvalue weighted by molar-refractivity contribution is 5.61. The minimum atomic E-state index is -0.491. The van der Waals surface area contributed by atoms with Crippen LogP contribution in [0.1, 0.15) is 18.4 Å². The zero-order valence-electron chi connectivity index (χ0n) is 10.8. The summed E-state index contributed by atoms with van der Waals surface area (Å²) in [6, 6.07) is 6.78. The van der Waals surface area contributed by atoms with Crippen LogP contribution in [0, 0.1) is 21.4 Å². The Labute approximate surface area is 111 Å². The number of non-ortho nitro benzene ring substituents is 1. The lowest BCUT2D eigenvalue weighted by molar-refractivity contribution is -0.384. The van der Waals surface area contributed by atoms with Gasteiger partial charge in [0.1, 0.15) is 6.07 Å². The van der Waals surface area contributed by atoms with Crippen LogP contribution >= 0.6 is 0 Å². The molecular formula is C13H16N4O2. The Morgan fingerprint density at radius 2 is 2.42 bits per heavy atom. The first kappa shape index (κ1) is 13.3. The highest BCUT2D eigenvalue weighted by Crippen LogP contribution is 2.22. The van der Waals surface area contributed by atoms with Crippen molar-refractivity contribution in [3.05, 3.63) is 33.9 Å². The van der Waals surface area contributed by atoms with E-state index < -0.39 is 4.92 Å². The maximum Gasteiger partial charge on any atom is 0.270 e. The second-order valence-electron chi connectivity index (χ2n) is 4.76. The third-order valence-corrected chi connectivity index (χ3v) is 3.53. The van der Waals surface area contributed by atoms with Crippen molar-refractivity contribution in [1.29, 1.82) is 5.26 Å². The average Bonchev–Trinajstić information content (AvgIpc) is 2.81. The minimum absolute atomic E-state index is 0.0555. The van der Waals surface area contributed by atoms with Crippen LogP contribution in [0.25, 0.3) is 0 Å². The van der Waals surface area contributed by atoms with Gasteiger partial charge in [-0.3, -0.25) is 10.1 Å². The molecule has 6 nitrogen and oxygen atoms in total. The molecule has 1 N–H and O–H groups in total. The monoisotopic (exact) mass is 260 g/mol. The number of nitrogens with one attached hydrogen (secondary N) is 1. The highest BCUT2D eigenvalue weighted by Gasteiger charge is 2.20. The van der Waals surface area contributed by atoms with Gasteiger partial charge in [-0.2, -0.15) is 5.26 Å². The number of nitriles is 1. The van der Waals surface area contributed by atoms with Crippen molar-refractivity contribution < 1.29 is 4.92 Å². The SMILES string of the molecule is CN1CCC[C@H]1CNc1ccc([N+](=O)[O-])cc1C#N. The predicted molar refractivity (Wildman–Crippen MR) is 72.0 cm³/mol. The van der Waals surface area contributed by atoms with Crippen molar-refractivity contribution in [2.24, 2.45) is 0 Å². The topological polar surface area (TPSA) is 82.2 Å². The number of hydrogen-bond acceptors (Lipinski definition) is 5. The number of nitro benzene ring substituents is 1. The summed E-state index contributed by atoms with van der Waals surface area (Å²) in [5.74, 6) is 0. The summed E-state index contributed by atoms with van der Waals surface area (Å²) >= 11 is 0. The fourth-order valence-electron chi connectivity index (χ4n) is 2.36. The van der Waals surface area contributed by atoms with Crippen LogP contribution in [0.15, 0.2) is 18.2 Å². The van der Waals surface area contributed by atoms with Crippen LogP contribution in [-0.4, -0.2) is 36.0 Å². The van der Waals surface area contributed by atoms with E-state index in [0.717, 1.165) is 19.5 Å². The number of benzene rings is 1. The molecule has 19 heavy (non-hydrogen) atoms. The molecule has 1 heterocycles. The summed E-state index contributed by atoms with van der Waals surface area (Å²) < 4.78 is 0. The summed E-state index contributed by atoms with van der Waals surface area (Å²) in [6.45, 7) is 1.85. The molecule has 1 saturated heterocycles. The smallest absolute Gasteiger partial charge is 0.270 e. The van der Waals surface area contributed by atoms with Gasteiger partial charge >= 0.3 is 0 Å². The predicted octanol–water partition coefficient (Wildman–Crippen LogP) is 1.97. The molecule has 100 valence electrons. The zero-order valence-corrected chi connectivity index (χ0v) is 10.8. The van der Waals surface area contributed by atoms with Gasteiger partial charge in [-0.15, -0.1) is 0 Å².